The second-order valence-electron chi connectivity index (χ2n) is 3.61. The van der Waals surface area contributed by atoms with Gasteiger partial charge in [-0.2, -0.15) is 5.10 Å². The first-order valence-electron chi connectivity index (χ1n) is 4.75. The second-order valence-corrected chi connectivity index (χ2v) is 3.61. The Labute approximate surface area is 78.3 Å². The number of hydrogen-bond acceptors (Lipinski definition) is 3. The molecular weight excluding hydrogens is 164 g/mol. The van der Waals surface area contributed by atoms with Crippen LogP contribution in [0.4, 0.5) is 5.82 Å². The van der Waals surface area contributed by atoms with Gasteiger partial charge in [-0.25, -0.2) is 0 Å². The largest absolute Gasteiger partial charge is 0.382 e. The zero-order chi connectivity index (χ0) is 9.42. The molecule has 13 heavy (non-hydrogen) atoms. The molecule has 1 aromatic heterocycles. The molecule has 0 saturated carbocycles. The van der Waals surface area contributed by atoms with Gasteiger partial charge in [0.1, 0.15) is 5.82 Å². The average molecular weight is 180 g/mol. The van der Waals surface area contributed by atoms with Crippen molar-refractivity contribution in [3.05, 3.63) is 11.3 Å². The van der Waals surface area contributed by atoms with Crippen molar-refractivity contribution < 1.29 is 0 Å². The molecule has 0 fully saturated rings. The zero-order valence-corrected chi connectivity index (χ0v) is 8.25. The maximum Gasteiger partial charge on any atom is 0.150 e. The molecule has 2 rings (SSSR count). The molecule has 72 valence electrons. The van der Waals surface area contributed by atoms with Crippen LogP contribution in [-0.2, 0) is 19.5 Å². The number of likely N-dealkylation sites (N-methyl/N-ethyl adjacent to an activating group) is 1. The van der Waals surface area contributed by atoms with Crippen molar-refractivity contribution in [2.75, 3.05) is 19.3 Å². The number of nitrogen functional groups attached to an aromatic ring is 1. The van der Waals surface area contributed by atoms with Crippen LogP contribution in [0.15, 0.2) is 0 Å². The van der Waals surface area contributed by atoms with Gasteiger partial charge in [0.15, 0.2) is 0 Å². The number of nitrogens with two attached hydrogens (primary N) is 1. The van der Waals surface area contributed by atoms with Crippen molar-refractivity contribution in [3.63, 3.8) is 0 Å². The molecule has 1 aliphatic rings. The first kappa shape index (κ1) is 8.56. The van der Waals surface area contributed by atoms with E-state index in [0.29, 0.717) is 5.82 Å². The highest BCUT2D eigenvalue weighted by Gasteiger charge is 2.20. The fraction of sp³-hybridized carbons (Fsp3) is 0.667. The summed E-state index contributed by atoms with van der Waals surface area (Å²) in [4.78, 5) is 2.28. The number of nitrogens with zero attached hydrogens (tertiary/aromatic N) is 3. The minimum absolute atomic E-state index is 0.711. The summed E-state index contributed by atoms with van der Waals surface area (Å²) in [5, 5.41) is 4.31. The van der Waals surface area contributed by atoms with Crippen molar-refractivity contribution in [1.29, 1.82) is 0 Å². The maximum absolute atomic E-state index is 5.84. The highest BCUT2D eigenvalue weighted by molar-refractivity contribution is 5.43. The van der Waals surface area contributed by atoms with Gasteiger partial charge >= 0.3 is 0 Å². The topological polar surface area (TPSA) is 47.1 Å². The normalized spacial score (nSPS) is 17.4. The molecular formula is C9H16N4. The number of rotatable bonds is 1. The van der Waals surface area contributed by atoms with Crippen LogP contribution in [0.2, 0.25) is 0 Å². The summed E-state index contributed by atoms with van der Waals surface area (Å²) < 4.78 is 2.03. The van der Waals surface area contributed by atoms with Crippen LogP contribution in [0.3, 0.4) is 0 Å². The lowest BCUT2D eigenvalue weighted by molar-refractivity contribution is 0.308. The van der Waals surface area contributed by atoms with E-state index in [1.807, 2.05) is 4.68 Å². The molecule has 1 aromatic rings. The third kappa shape index (κ3) is 1.31. The summed E-state index contributed by atoms with van der Waals surface area (Å²) in [6.07, 6.45) is 1.07. The van der Waals surface area contributed by atoms with Gasteiger partial charge in [0.2, 0.25) is 0 Å². The number of aromatic nitrogens is 2. The molecule has 1 aliphatic heterocycles. The Morgan fingerprint density at radius 3 is 3.00 bits per heavy atom. The van der Waals surface area contributed by atoms with Gasteiger partial charge in [-0.3, -0.25) is 4.68 Å². The summed E-state index contributed by atoms with van der Waals surface area (Å²) in [6.45, 7) is 5.08. The van der Waals surface area contributed by atoms with E-state index in [0.717, 1.165) is 26.1 Å². The van der Waals surface area contributed by atoms with Crippen LogP contribution in [0.25, 0.3) is 0 Å². The quantitative estimate of drug-likeness (QED) is 0.683. The maximum atomic E-state index is 5.84. The molecule has 4 nitrogen and oxygen atoms in total. The summed E-state index contributed by atoms with van der Waals surface area (Å²) in [6, 6.07) is 0. The molecule has 0 atom stereocenters. The highest BCUT2D eigenvalue weighted by Crippen LogP contribution is 2.22. The molecule has 0 aromatic carbocycles. The van der Waals surface area contributed by atoms with Gasteiger partial charge < -0.3 is 10.6 Å². The van der Waals surface area contributed by atoms with Crippen molar-refractivity contribution in [2.45, 2.75) is 26.4 Å². The fourth-order valence-electron chi connectivity index (χ4n) is 1.91. The molecule has 0 unspecified atom stereocenters. The lowest BCUT2D eigenvalue weighted by Gasteiger charge is -2.22. The summed E-state index contributed by atoms with van der Waals surface area (Å²) in [5.74, 6) is 0.711. The van der Waals surface area contributed by atoms with E-state index in [-0.39, 0.29) is 0 Å². The molecule has 0 bridgehead atoms. The monoisotopic (exact) mass is 180 g/mol. The van der Waals surface area contributed by atoms with Gasteiger partial charge in [-0.1, -0.05) is 0 Å². The van der Waals surface area contributed by atoms with Crippen LogP contribution < -0.4 is 5.73 Å². The van der Waals surface area contributed by atoms with E-state index < -0.39 is 0 Å². The number of fused-ring (bicyclic) bond motifs is 1. The average Bonchev–Trinajstić information content (AvgIpc) is 2.43. The Kier molecular flexibility index (Phi) is 2.00. The lowest BCUT2D eigenvalue weighted by atomic mass is 10.1. The van der Waals surface area contributed by atoms with E-state index in [1.165, 1.54) is 11.3 Å². The molecule has 2 N–H and O–H groups in total. The smallest absolute Gasteiger partial charge is 0.150 e. The van der Waals surface area contributed by atoms with Crippen molar-refractivity contribution >= 4 is 5.82 Å². The van der Waals surface area contributed by atoms with Gasteiger partial charge in [0.05, 0.1) is 0 Å². The summed E-state index contributed by atoms with van der Waals surface area (Å²) in [5.41, 5.74) is 8.40. The lowest BCUT2D eigenvalue weighted by Crippen LogP contribution is -2.27. The molecule has 0 aliphatic carbocycles. The van der Waals surface area contributed by atoms with E-state index in [2.05, 4.69) is 24.0 Å². The number of anilines is 1. The van der Waals surface area contributed by atoms with Gasteiger partial charge in [0.25, 0.3) is 0 Å². The fourth-order valence-corrected chi connectivity index (χ4v) is 1.91. The SMILES string of the molecule is CCn1nc(N)c2c1CCN(C)C2. The Bertz CT molecular complexity index is 316. The van der Waals surface area contributed by atoms with Crippen LogP contribution in [0.1, 0.15) is 18.2 Å². The minimum atomic E-state index is 0.711. The predicted molar refractivity (Wildman–Crippen MR) is 52.4 cm³/mol. The van der Waals surface area contributed by atoms with Crippen molar-refractivity contribution in [1.82, 2.24) is 14.7 Å². The predicted octanol–water partition coefficient (Wildman–Crippen LogP) is 0.473. The zero-order valence-electron chi connectivity index (χ0n) is 8.25. The van der Waals surface area contributed by atoms with E-state index in [1.54, 1.807) is 0 Å². The Hall–Kier alpha value is -1.03. The van der Waals surface area contributed by atoms with E-state index in [9.17, 15) is 0 Å². The molecule has 0 spiro atoms. The summed E-state index contributed by atoms with van der Waals surface area (Å²) in [7, 11) is 2.12. The van der Waals surface area contributed by atoms with Gasteiger partial charge in [0, 0.05) is 37.3 Å². The third-order valence-electron chi connectivity index (χ3n) is 2.66. The van der Waals surface area contributed by atoms with Crippen molar-refractivity contribution in [3.8, 4) is 0 Å². The van der Waals surface area contributed by atoms with Crippen LogP contribution in [0, 0.1) is 0 Å². The second kappa shape index (κ2) is 3.03. The van der Waals surface area contributed by atoms with Crippen LogP contribution in [-0.4, -0.2) is 28.3 Å². The number of aryl methyl sites for hydroxylation is 1. The first-order chi connectivity index (χ1) is 6.22. The van der Waals surface area contributed by atoms with Crippen LogP contribution >= 0.6 is 0 Å². The first-order valence-corrected chi connectivity index (χ1v) is 4.75. The van der Waals surface area contributed by atoms with Gasteiger partial charge in [-0.05, 0) is 14.0 Å². The van der Waals surface area contributed by atoms with E-state index in [4.69, 9.17) is 5.73 Å². The molecule has 4 heteroatoms. The van der Waals surface area contributed by atoms with Crippen molar-refractivity contribution in [2.24, 2.45) is 0 Å². The molecule has 0 saturated heterocycles. The number of hydrogen-bond donors (Lipinski definition) is 1. The van der Waals surface area contributed by atoms with Gasteiger partial charge in [-0.15, -0.1) is 0 Å². The van der Waals surface area contributed by atoms with E-state index >= 15 is 0 Å². The third-order valence-corrected chi connectivity index (χ3v) is 2.66. The van der Waals surface area contributed by atoms with Crippen LogP contribution in [0.5, 0.6) is 0 Å². The Morgan fingerprint density at radius 2 is 2.31 bits per heavy atom. The summed E-state index contributed by atoms with van der Waals surface area (Å²) >= 11 is 0. The molecule has 0 amide bonds. The molecule has 0 radical (unpaired) electrons. The Morgan fingerprint density at radius 1 is 1.54 bits per heavy atom. The minimum Gasteiger partial charge on any atom is -0.382 e. The highest BCUT2D eigenvalue weighted by atomic mass is 15.3. The standard InChI is InChI=1S/C9H16N4/c1-3-13-8-4-5-12(2)6-7(8)9(10)11-13/h3-6H2,1-2H3,(H2,10,11). The Balaban J connectivity index is 2.42. The molecule has 2 heterocycles.